The van der Waals surface area contributed by atoms with Gasteiger partial charge in [-0.2, -0.15) is 0 Å². The van der Waals surface area contributed by atoms with Gasteiger partial charge in [0.05, 0.1) is 6.10 Å². The third kappa shape index (κ3) is 4.14. The summed E-state index contributed by atoms with van der Waals surface area (Å²) in [6, 6.07) is 4.27. The highest BCUT2D eigenvalue weighted by Crippen LogP contribution is 2.23. The van der Waals surface area contributed by atoms with Crippen LogP contribution < -0.4 is 5.32 Å². The molecule has 17 heavy (non-hydrogen) atoms. The molecule has 0 saturated carbocycles. The van der Waals surface area contributed by atoms with E-state index in [4.69, 9.17) is 0 Å². The number of benzene rings is 1. The molecule has 0 radical (unpaired) electrons. The maximum absolute atomic E-state index is 10.2. The summed E-state index contributed by atoms with van der Waals surface area (Å²) in [5, 5.41) is 13.5. The number of hydrogen-bond donors (Lipinski definition) is 2. The number of aryl methyl sites for hydroxylation is 3. The van der Waals surface area contributed by atoms with Crippen molar-refractivity contribution in [3.63, 3.8) is 0 Å². The minimum atomic E-state index is -0.408. The van der Waals surface area contributed by atoms with Gasteiger partial charge >= 0.3 is 0 Å². The fourth-order valence-electron chi connectivity index (χ4n) is 2.33. The van der Waals surface area contributed by atoms with Crippen LogP contribution in [0.5, 0.6) is 0 Å². The second kappa shape index (κ2) is 6.18. The normalized spacial score (nSPS) is 13.1. The number of hydrogen-bond acceptors (Lipinski definition) is 2. The molecular formula is C15H25NO. The lowest BCUT2D eigenvalue weighted by atomic mass is 9.95. The van der Waals surface area contributed by atoms with Crippen LogP contribution in [-0.4, -0.2) is 18.2 Å². The maximum atomic E-state index is 10.2. The molecule has 2 nitrogen and oxygen atoms in total. The molecule has 1 unspecified atom stereocenters. The molecule has 1 rings (SSSR count). The van der Waals surface area contributed by atoms with Crippen molar-refractivity contribution in [2.24, 2.45) is 5.92 Å². The molecule has 1 atom stereocenters. The first-order valence-corrected chi connectivity index (χ1v) is 6.38. The lowest BCUT2D eigenvalue weighted by Gasteiger charge is -2.18. The number of aliphatic hydroxyl groups is 1. The van der Waals surface area contributed by atoms with E-state index in [9.17, 15) is 5.11 Å². The fraction of sp³-hybridized carbons (Fsp3) is 0.600. The van der Waals surface area contributed by atoms with Gasteiger partial charge in [-0.1, -0.05) is 31.5 Å². The lowest BCUT2D eigenvalue weighted by Crippen LogP contribution is -2.26. The van der Waals surface area contributed by atoms with Crippen LogP contribution >= 0.6 is 0 Å². The van der Waals surface area contributed by atoms with Gasteiger partial charge in [0.1, 0.15) is 0 Å². The van der Waals surface area contributed by atoms with E-state index >= 15 is 0 Å². The quantitative estimate of drug-likeness (QED) is 0.822. The van der Waals surface area contributed by atoms with Gasteiger partial charge in [0.25, 0.3) is 0 Å². The highest BCUT2D eigenvalue weighted by atomic mass is 16.3. The molecule has 0 aliphatic carbocycles. The Kier molecular flexibility index (Phi) is 5.16. The van der Waals surface area contributed by atoms with Gasteiger partial charge in [0, 0.05) is 6.54 Å². The van der Waals surface area contributed by atoms with Crippen molar-refractivity contribution < 1.29 is 5.11 Å². The second-order valence-corrected chi connectivity index (χ2v) is 5.38. The molecule has 0 heterocycles. The van der Waals surface area contributed by atoms with Crippen molar-refractivity contribution >= 4 is 0 Å². The average Bonchev–Trinajstić information content (AvgIpc) is 2.14. The summed E-state index contributed by atoms with van der Waals surface area (Å²) in [5.41, 5.74) is 4.70. The van der Waals surface area contributed by atoms with Gasteiger partial charge in [-0.25, -0.2) is 0 Å². The van der Waals surface area contributed by atoms with Crippen LogP contribution in [0.4, 0.5) is 0 Å². The summed E-state index contributed by atoms with van der Waals surface area (Å²) in [6.07, 6.45) is -0.408. The Labute approximate surface area is 105 Å². The summed E-state index contributed by atoms with van der Waals surface area (Å²) < 4.78 is 0. The van der Waals surface area contributed by atoms with E-state index in [0.717, 1.165) is 12.1 Å². The molecule has 0 aliphatic rings. The van der Waals surface area contributed by atoms with Gasteiger partial charge in [0.15, 0.2) is 0 Å². The van der Waals surface area contributed by atoms with Crippen molar-refractivity contribution in [2.45, 2.75) is 40.7 Å². The Morgan fingerprint density at radius 2 is 1.59 bits per heavy atom. The molecule has 0 aliphatic heterocycles. The summed E-state index contributed by atoms with van der Waals surface area (Å²) in [6.45, 7) is 12.1. The SMILES string of the molecule is Cc1cc(C)c(C(O)CNCC(C)C)c(C)c1. The minimum absolute atomic E-state index is 0.408. The highest BCUT2D eigenvalue weighted by Gasteiger charge is 2.13. The molecule has 0 spiro atoms. The zero-order chi connectivity index (χ0) is 13.0. The van der Waals surface area contributed by atoms with Gasteiger partial charge in [-0.3, -0.25) is 0 Å². The summed E-state index contributed by atoms with van der Waals surface area (Å²) in [5.74, 6) is 0.613. The Bertz CT molecular complexity index is 348. The first kappa shape index (κ1) is 14.2. The van der Waals surface area contributed by atoms with Crippen LogP contribution in [0.2, 0.25) is 0 Å². The molecule has 1 aromatic rings. The number of aliphatic hydroxyl groups excluding tert-OH is 1. The predicted octanol–water partition coefficient (Wildman–Crippen LogP) is 2.89. The van der Waals surface area contributed by atoms with Crippen LogP contribution in [0, 0.1) is 26.7 Å². The standard InChI is InChI=1S/C15H25NO/c1-10(2)8-16-9-14(17)15-12(4)6-11(3)7-13(15)5/h6-7,10,14,16-17H,8-9H2,1-5H3. The van der Waals surface area contributed by atoms with E-state index in [-0.39, 0.29) is 0 Å². The van der Waals surface area contributed by atoms with Crippen molar-refractivity contribution in [1.82, 2.24) is 5.32 Å². The van der Waals surface area contributed by atoms with Crippen LogP contribution in [0.25, 0.3) is 0 Å². The first-order valence-electron chi connectivity index (χ1n) is 6.38. The summed E-state index contributed by atoms with van der Waals surface area (Å²) >= 11 is 0. The third-order valence-electron chi connectivity index (χ3n) is 2.96. The topological polar surface area (TPSA) is 32.3 Å². The van der Waals surface area contributed by atoms with Gasteiger partial charge in [-0.15, -0.1) is 0 Å². The molecule has 0 saturated heterocycles. The van der Waals surface area contributed by atoms with Gasteiger partial charge < -0.3 is 10.4 Å². The van der Waals surface area contributed by atoms with Crippen molar-refractivity contribution in [3.05, 3.63) is 34.4 Å². The number of nitrogens with one attached hydrogen (secondary N) is 1. The molecule has 0 aromatic heterocycles. The fourth-order valence-corrected chi connectivity index (χ4v) is 2.33. The third-order valence-corrected chi connectivity index (χ3v) is 2.96. The Morgan fingerprint density at radius 3 is 2.06 bits per heavy atom. The van der Waals surface area contributed by atoms with Crippen LogP contribution in [0.1, 0.15) is 42.2 Å². The Morgan fingerprint density at radius 1 is 1.06 bits per heavy atom. The molecule has 2 N–H and O–H groups in total. The molecule has 96 valence electrons. The van der Waals surface area contributed by atoms with Crippen molar-refractivity contribution in [2.75, 3.05) is 13.1 Å². The Hall–Kier alpha value is -0.860. The lowest BCUT2D eigenvalue weighted by molar-refractivity contribution is 0.172. The highest BCUT2D eigenvalue weighted by molar-refractivity contribution is 5.39. The number of rotatable bonds is 5. The van der Waals surface area contributed by atoms with E-state index in [1.807, 2.05) is 0 Å². The molecule has 0 amide bonds. The zero-order valence-corrected chi connectivity index (χ0v) is 11.7. The van der Waals surface area contributed by atoms with E-state index in [1.165, 1.54) is 16.7 Å². The maximum Gasteiger partial charge on any atom is 0.0919 e. The second-order valence-electron chi connectivity index (χ2n) is 5.38. The molecule has 0 fully saturated rings. The van der Waals surface area contributed by atoms with E-state index in [2.05, 4.69) is 52.1 Å². The molecule has 2 heteroatoms. The monoisotopic (exact) mass is 235 g/mol. The molecular weight excluding hydrogens is 210 g/mol. The van der Waals surface area contributed by atoms with E-state index in [1.54, 1.807) is 0 Å². The van der Waals surface area contributed by atoms with E-state index < -0.39 is 6.10 Å². The zero-order valence-electron chi connectivity index (χ0n) is 11.7. The summed E-state index contributed by atoms with van der Waals surface area (Å²) in [7, 11) is 0. The summed E-state index contributed by atoms with van der Waals surface area (Å²) in [4.78, 5) is 0. The van der Waals surface area contributed by atoms with Crippen LogP contribution in [0.15, 0.2) is 12.1 Å². The van der Waals surface area contributed by atoms with E-state index in [0.29, 0.717) is 12.5 Å². The Balaban J connectivity index is 2.72. The smallest absolute Gasteiger partial charge is 0.0919 e. The van der Waals surface area contributed by atoms with Crippen LogP contribution in [0.3, 0.4) is 0 Å². The van der Waals surface area contributed by atoms with Gasteiger partial charge in [0.2, 0.25) is 0 Å². The largest absolute Gasteiger partial charge is 0.387 e. The first-order chi connectivity index (χ1) is 7.91. The van der Waals surface area contributed by atoms with Crippen LogP contribution in [-0.2, 0) is 0 Å². The van der Waals surface area contributed by atoms with Crippen molar-refractivity contribution in [3.8, 4) is 0 Å². The molecule has 1 aromatic carbocycles. The predicted molar refractivity (Wildman–Crippen MR) is 73.3 cm³/mol. The molecule has 0 bridgehead atoms. The van der Waals surface area contributed by atoms with Gasteiger partial charge in [-0.05, 0) is 49.9 Å². The average molecular weight is 235 g/mol. The minimum Gasteiger partial charge on any atom is -0.387 e. The van der Waals surface area contributed by atoms with Crippen molar-refractivity contribution in [1.29, 1.82) is 0 Å².